The van der Waals surface area contributed by atoms with Crippen molar-refractivity contribution in [3.63, 3.8) is 0 Å². The highest BCUT2D eigenvalue weighted by Crippen LogP contribution is 2.30. The first-order valence-electron chi connectivity index (χ1n) is 8.49. The van der Waals surface area contributed by atoms with Crippen molar-refractivity contribution < 1.29 is 28.9 Å². The van der Waals surface area contributed by atoms with Crippen LogP contribution in [-0.2, 0) is 14.2 Å². The first kappa shape index (κ1) is 18.8. The molecule has 140 valence electrons. The van der Waals surface area contributed by atoms with Gasteiger partial charge < -0.3 is 19.3 Å². The molecule has 0 spiro atoms. The number of hydrogen-bond acceptors (Lipinski definition) is 6. The van der Waals surface area contributed by atoms with Gasteiger partial charge in [-0.15, -0.1) is 6.58 Å². The fourth-order valence-electron chi connectivity index (χ4n) is 2.79. The summed E-state index contributed by atoms with van der Waals surface area (Å²) in [7, 11) is 0. The minimum Gasteiger partial charge on any atom is -0.459 e. The number of carbonyl (C=O) groups is 2. The third-order valence-corrected chi connectivity index (χ3v) is 4.34. The Morgan fingerprint density at radius 2 is 1.63 bits per heavy atom. The van der Waals surface area contributed by atoms with E-state index < -0.39 is 29.7 Å². The molecule has 0 unspecified atom stereocenters. The summed E-state index contributed by atoms with van der Waals surface area (Å²) in [5.74, 6) is -1.13. The monoisotopic (exact) mass is 368 g/mol. The molecule has 0 aromatic heterocycles. The molecule has 0 bridgehead atoms. The van der Waals surface area contributed by atoms with Gasteiger partial charge in [-0.25, -0.2) is 9.59 Å². The third kappa shape index (κ3) is 4.24. The van der Waals surface area contributed by atoms with Gasteiger partial charge in [0.1, 0.15) is 18.3 Å². The lowest BCUT2D eigenvalue weighted by atomic mass is 9.96. The van der Waals surface area contributed by atoms with Gasteiger partial charge in [0.15, 0.2) is 6.10 Å². The van der Waals surface area contributed by atoms with Gasteiger partial charge >= 0.3 is 11.9 Å². The van der Waals surface area contributed by atoms with Crippen LogP contribution in [-0.4, -0.2) is 48.1 Å². The lowest BCUT2D eigenvalue weighted by molar-refractivity contribution is -0.0534. The van der Waals surface area contributed by atoms with Crippen molar-refractivity contribution >= 4 is 11.9 Å². The largest absolute Gasteiger partial charge is 0.459 e. The fraction of sp³-hybridized carbons (Fsp3) is 0.238. The first-order chi connectivity index (χ1) is 13.0. The maximum absolute atomic E-state index is 12.4. The van der Waals surface area contributed by atoms with Gasteiger partial charge in [0, 0.05) is 0 Å². The minimum atomic E-state index is -1.56. The molecule has 1 saturated heterocycles. The molecule has 1 heterocycles. The number of aliphatic hydroxyl groups is 1. The van der Waals surface area contributed by atoms with Crippen molar-refractivity contribution in [2.45, 2.75) is 17.8 Å². The maximum atomic E-state index is 12.4. The van der Waals surface area contributed by atoms with Crippen LogP contribution in [0.2, 0.25) is 0 Å². The Kier molecular flexibility index (Phi) is 5.69. The highest BCUT2D eigenvalue weighted by atomic mass is 16.6. The van der Waals surface area contributed by atoms with Crippen LogP contribution in [0.1, 0.15) is 20.7 Å². The van der Waals surface area contributed by atoms with Crippen LogP contribution in [0.5, 0.6) is 0 Å². The molecular formula is C21H20O6. The lowest BCUT2D eigenvalue weighted by Gasteiger charge is -2.27. The molecule has 0 radical (unpaired) electrons. The Morgan fingerprint density at radius 3 is 2.19 bits per heavy atom. The van der Waals surface area contributed by atoms with E-state index in [2.05, 4.69) is 6.58 Å². The molecule has 0 aliphatic carbocycles. The van der Waals surface area contributed by atoms with E-state index in [1.807, 2.05) is 0 Å². The van der Waals surface area contributed by atoms with Crippen molar-refractivity contribution in [1.82, 2.24) is 0 Å². The molecule has 2 aromatic carbocycles. The minimum absolute atomic E-state index is 0.114. The average molecular weight is 368 g/mol. The highest BCUT2D eigenvalue weighted by molar-refractivity contribution is 5.90. The van der Waals surface area contributed by atoms with Crippen LogP contribution >= 0.6 is 0 Å². The zero-order valence-corrected chi connectivity index (χ0v) is 14.6. The van der Waals surface area contributed by atoms with Crippen molar-refractivity contribution in [3.05, 3.63) is 84.4 Å². The second-order valence-electron chi connectivity index (χ2n) is 6.20. The van der Waals surface area contributed by atoms with E-state index in [4.69, 9.17) is 14.2 Å². The van der Waals surface area contributed by atoms with Gasteiger partial charge in [0.25, 0.3) is 0 Å². The van der Waals surface area contributed by atoms with E-state index in [0.717, 1.165) is 0 Å². The highest BCUT2D eigenvalue weighted by Gasteiger charge is 2.50. The van der Waals surface area contributed by atoms with Crippen LogP contribution < -0.4 is 0 Å². The molecule has 27 heavy (non-hydrogen) atoms. The number of rotatable bonds is 6. The summed E-state index contributed by atoms with van der Waals surface area (Å²) in [6.45, 7) is 3.31. The van der Waals surface area contributed by atoms with E-state index in [1.165, 1.54) is 6.08 Å². The number of carbonyl (C=O) groups excluding carboxylic acids is 2. The number of benzene rings is 2. The summed E-state index contributed by atoms with van der Waals surface area (Å²) in [4.78, 5) is 24.5. The predicted octanol–water partition coefficient (Wildman–Crippen LogP) is 2.38. The van der Waals surface area contributed by atoms with Crippen LogP contribution in [0, 0.1) is 0 Å². The maximum Gasteiger partial charge on any atom is 0.338 e. The number of hydrogen-bond donors (Lipinski definition) is 1. The normalized spacial score (nSPS) is 24.2. The fourth-order valence-corrected chi connectivity index (χ4v) is 2.79. The van der Waals surface area contributed by atoms with Gasteiger partial charge in [0.2, 0.25) is 0 Å². The molecule has 6 nitrogen and oxygen atoms in total. The summed E-state index contributed by atoms with van der Waals surface area (Å²) >= 11 is 0. The van der Waals surface area contributed by atoms with Crippen molar-refractivity contribution in [1.29, 1.82) is 0 Å². The van der Waals surface area contributed by atoms with E-state index in [0.29, 0.717) is 11.1 Å². The molecule has 2 aromatic rings. The Bertz CT molecular complexity index is 804. The molecule has 3 rings (SSSR count). The van der Waals surface area contributed by atoms with Crippen LogP contribution in [0.3, 0.4) is 0 Å². The van der Waals surface area contributed by atoms with E-state index >= 15 is 0 Å². The van der Waals surface area contributed by atoms with Gasteiger partial charge in [-0.2, -0.15) is 0 Å². The Balaban J connectivity index is 1.69. The van der Waals surface area contributed by atoms with Crippen LogP contribution in [0.4, 0.5) is 0 Å². The molecule has 0 saturated carbocycles. The molecule has 6 heteroatoms. The van der Waals surface area contributed by atoms with Crippen molar-refractivity contribution in [2.75, 3.05) is 13.2 Å². The molecule has 0 amide bonds. The molecule has 1 fully saturated rings. The van der Waals surface area contributed by atoms with Gasteiger partial charge in [-0.1, -0.05) is 42.5 Å². The van der Waals surface area contributed by atoms with Gasteiger partial charge in [-0.3, -0.25) is 0 Å². The summed E-state index contributed by atoms with van der Waals surface area (Å²) in [5, 5.41) is 10.6. The van der Waals surface area contributed by atoms with E-state index in [-0.39, 0.29) is 13.2 Å². The smallest absolute Gasteiger partial charge is 0.338 e. The summed E-state index contributed by atoms with van der Waals surface area (Å²) in [5.41, 5.74) is -0.822. The number of ether oxygens (including phenoxy) is 3. The summed E-state index contributed by atoms with van der Waals surface area (Å²) < 4.78 is 16.3. The second-order valence-corrected chi connectivity index (χ2v) is 6.20. The standard InChI is InChI=1S/C21H20O6/c1-2-21(24)14-26-17(13-25-19(22)15-9-5-3-6-10-15)18(21)27-20(23)16-11-7-4-8-12-16/h2-12,17-18,24H,1,13-14H2/t17-,18-,21+/m1/s1. The second kappa shape index (κ2) is 8.16. The van der Waals surface area contributed by atoms with Crippen LogP contribution in [0.15, 0.2) is 73.3 Å². The molecule has 1 aliphatic rings. The van der Waals surface area contributed by atoms with E-state index in [1.54, 1.807) is 60.7 Å². The SMILES string of the molecule is C=C[C@]1(O)CO[C@H](COC(=O)c2ccccc2)[C@H]1OC(=O)c1ccccc1. The topological polar surface area (TPSA) is 82.1 Å². The Hall–Kier alpha value is -2.96. The summed E-state index contributed by atoms with van der Waals surface area (Å²) in [6, 6.07) is 16.9. The third-order valence-electron chi connectivity index (χ3n) is 4.34. The van der Waals surface area contributed by atoms with Crippen LogP contribution in [0.25, 0.3) is 0 Å². The lowest BCUT2D eigenvalue weighted by Crippen LogP contribution is -2.46. The zero-order chi connectivity index (χ0) is 19.3. The van der Waals surface area contributed by atoms with Crippen molar-refractivity contribution in [2.24, 2.45) is 0 Å². The zero-order valence-electron chi connectivity index (χ0n) is 14.6. The summed E-state index contributed by atoms with van der Waals surface area (Å²) in [6.07, 6.45) is -0.589. The Morgan fingerprint density at radius 1 is 1.07 bits per heavy atom. The number of esters is 2. The Labute approximate surface area is 157 Å². The molecule has 3 atom stereocenters. The first-order valence-corrected chi connectivity index (χ1v) is 8.49. The van der Waals surface area contributed by atoms with Gasteiger partial charge in [-0.05, 0) is 24.3 Å². The van der Waals surface area contributed by atoms with Gasteiger partial charge in [0.05, 0.1) is 17.7 Å². The quantitative estimate of drug-likeness (QED) is 0.623. The average Bonchev–Trinajstić information content (AvgIpc) is 3.03. The molecule has 1 N–H and O–H groups in total. The molecule has 1 aliphatic heterocycles. The van der Waals surface area contributed by atoms with E-state index in [9.17, 15) is 14.7 Å². The van der Waals surface area contributed by atoms with Crippen molar-refractivity contribution in [3.8, 4) is 0 Å². The predicted molar refractivity (Wildman–Crippen MR) is 97.3 cm³/mol. The molecular weight excluding hydrogens is 348 g/mol.